The molecule has 0 aromatic heterocycles. The van der Waals surface area contributed by atoms with Crippen molar-refractivity contribution in [1.29, 1.82) is 0 Å². The summed E-state index contributed by atoms with van der Waals surface area (Å²) in [4.78, 5) is 3.53. The minimum absolute atomic E-state index is 0.138. The summed E-state index contributed by atoms with van der Waals surface area (Å²) in [7, 11) is 2.18. The number of halogens is 2. The fourth-order valence-electron chi connectivity index (χ4n) is 2.72. The molecule has 0 unspecified atom stereocenters. The first kappa shape index (κ1) is 12.0. The molecule has 0 saturated carbocycles. The van der Waals surface area contributed by atoms with Crippen molar-refractivity contribution in [2.45, 2.75) is 28.9 Å². The van der Waals surface area contributed by atoms with Gasteiger partial charge in [0, 0.05) is 9.64 Å². The topological polar surface area (TPSA) is 3.24 Å². The molecular weight excluding hydrogens is 301 g/mol. The second-order valence-electron chi connectivity index (χ2n) is 5.14. The average molecular weight is 316 g/mol. The zero-order chi connectivity index (χ0) is 12.0. The lowest BCUT2D eigenvalue weighted by Crippen LogP contribution is -2.40. The van der Waals surface area contributed by atoms with Gasteiger partial charge in [0.05, 0.1) is 4.47 Å². The van der Waals surface area contributed by atoms with Gasteiger partial charge in [-0.05, 0) is 73.0 Å². The summed E-state index contributed by atoms with van der Waals surface area (Å²) in [5, 5.41) is 0. The van der Waals surface area contributed by atoms with Gasteiger partial charge in [0.1, 0.15) is 5.82 Å². The summed E-state index contributed by atoms with van der Waals surface area (Å²) < 4.78 is 14.5. The number of benzene rings is 1. The van der Waals surface area contributed by atoms with Crippen LogP contribution in [0.2, 0.25) is 0 Å². The third-order valence-corrected chi connectivity index (χ3v) is 6.03. The molecule has 2 aliphatic heterocycles. The average Bonchev–Trinajstić information content (AvgIpc) is 2.62. The highest BCUT2D eigenvalue weighted by Crippen LogP contribution is 2.51. The van der Waals surface area contributed by atoms with E-state index in [9.17, 15) is 4.39 Å². The molecule has 3 rings (SSSR count). The van der Waals surface area contributed by atoms with Gasteiger partial charge in [-0.3, -0.25) is 0 Å². The molecule has 0 bridgehead atoms. The third kappa shape index (κ3) is 2.15. The van der Waals surface area contributed by atoms with Gasteiger partial charge in [0.15, 0.2) is 0 Å². The number of piperidine rings is 1. The second kappa shape index (κ2) is 4.25. The predicted octanol–water partition coefficient (Wildman–Crippen LogP) is 3.70. The summed E-state index contributed by atoms with van der Waals surface area (Å²) in [5.41, 5.74) is 1.31. The normalized spacial score (nSPS) is 23.0. The van der Waals surface area contributed by atoms with Crippen LogP contribution < -0.4 is 0 Å². The molecule has 1 aromatic carbocycles. The Balaban J connectivity index is 1.87. The molecule has 0 radical (unpaired) electrons. The maximum atomic E-state index is 13.5. The number of fused-ring (bicyclic) bond motifs is 1. The van der Waals surface area contributed by atoms with Crippen molar-refractivity contribution in [3.05, 3.63) is 28.0 Å². The summed E-state index contributed by atoms with van der Waals surface area (Å²) >= 11 is 5.18. The number of thioether (sulfide) groups is 1. The van der Waals surface area contributed by atoms with Crippen molar-refractivity contribution in [2.24, 2.45) is 0 Å². The highest BCUT2D eigenvalue weighted by atomic mass is 79.9. The third-order valence-electron chi connectivity index (χ3n) is 3.84. The minimum Gasteiger partial charge on any atom is -0.306 e. The maximum Gasteiger partial charge on any atom is 0.138 e. The summed E-state index contributed by atoms with van der Waals surface area (Å²) in [5.74, 6) is -0.138. The van der Waals surface area contributed by atoms with Gasteiger partial charge in [-0.25, -0.2) is 4.39 Å². The van der Waals surface area contributed by atoms with Crippen LogP contribution in [0.5, 0.6) is 0 Å². The van der Waals surface area contributed by atoms with Gasteiger partial charge < -0.3 is 4.90 Å². The van der Waals surface area contributed by atoms with Gasteiger partial charge >= 0.3 is 0 Å². The van der Waals surface area contributed by atoms with Crippen LogP contribution in [0.4, 0.5) is 4.39 Å². The van der Waals surface area contributed by atoms with Gasteiger partial charge in [-0.2, -0.15) is 0 Å². The molecule has 1 aromatic rings. The molecular formula is C13H15BrFNS. The molecule has 0 aliphatic carbocycles. The van der Waals surface area contributed by atoms with Crippen molar-refractivity contribution in [2.75, 3.05) is 20.1 Å². The van der Waals surface area contributed by atoms with Crippen LogP contribution >= 0.6 is 27.7 Å². The van der Waals surface area contributed by atoms with Crippen LogP contribution in [0.3, 0.4) is 0 Å². The Morgan fingerprint density at radius 2 is 2.06 bits per heavy atom. The van der Waals surface area contributed by atoms with Crippen LogP contribution in [0, 0.1) is 5.82 Å². The van der Waals surface area contributed by atoms with Crippen LogP contribution in [-0.4, -0.2) is 29.8 Å². The number of rotatable bonds is 0. The van der Waals surface area contributed by atoms with Crippen molar-refractivity contribution < 1.29 is 4.39 Å². The summed E-state index contributed by atoms with van der Waals surface area (Å²) in [6, 6.07) is 3.65. The van der Waals surface area contributed by atoms with Crippen molar-refractivity contribution in [3.8, 4) is 0 Å². The highest BCUT2D eigenvalue weighted by Gasteiger charge is 2.40. The lowest BCUT2D eigenvalue weighted by Gasteiger charge is -2.36. The monoisotopic (exact) mass is 315 g/mol. The predicted molar refractivity (Wildman–Crippen MR) is 73.1 cm³/mol. The van der Waals surface area contributed by atoms with Gasteiger partial charge in [-0.15, -0.1) is 11.8 Å². The molecule has 0 atom stereocenters. The number of likely N-dealkylation sites (tertiary alicyclic amines) is 1. The molecule has 2 heterocycles. The molecule has 1 nitrogen and oxygen atoms in total. The number of hydrogen-bond donors (Lipinski definition) is 0. The standard InChI is InChI=1S/C13H15BrFNS/c1-16-4-2-13(3-5-16)8-9-6-10(14)11(15)7-12(9)17-13/h6-7H,2-5,8H2,1H3. The van der Waals surface area contributed by atoms with E-state index in [1.165, 1.54) is 18.4 Å². The molecule has 1 fully saturated rings. The van der Waals surface area contributed by atoms with Crippen molar-refractivity contribution in [1.82, 2.24) is 4.90 Å². The molecule has 1 spiro atoms. The zero-order valence-corrected chi connectivity index (χ0v) is 12.2. The van der Waals surface area contributed by atoms with Crippen LogP contribution in [0.1, 0.15) is 18.4 Å². The van der Waals surface area contributed by atoms with E-state index >= 15 is 0 Å². The number of hydrogen-bond acceptors (Lipinski definition) is 2. The maximum absolute atomic E-state index is 13.5. The Bertz CT molecular complexity index is 422. The lowest BCUT2D eigenvalue weighted by atomic mass is 9.90. The molecule has 0 amide bonds. The largest absolute Gasteiger partial charge is 0.306 e. The molecule has 2 aliphatic rings. The molecule has 92 valence electrons. The van der Waals surface area contributed by atoms with Crippen LogP contribution in [0.25, 0.3) is 0 Å². The first-order valence-corrected chi connectivity index (χ1v) is 7.54. The molecule has 0 N–H and O–H groups in total. The Hall–Kier alpha value is -0.0600. The molecule has 1 saturated heterocycles. The van der Waals surface area contributed by atoms with Crippen molar-refractivity contribution in [3.63, 3.8) is 0 Å². The van der Waals surface area contributed by atoms with E-state index in [2.05, 4.69) is 27.9 Å². The fraction of sp³-hybridized carbons (Fsp3) is 0.538. The van der Waals surface area contributed by atoms with E-state index in [0.717, 1.165) is 24.4 Å². The lowest BCUT2D eigenvalue weighted by molar-refractivity contribution is 0.240. The van der Waals surface area contributed by atoms with Gasteiger partial charge in [0.2, 0.25) is 0 Å². The van der Waals surface area contributed by atoms with Crippen LogP contribution in [-0.2, 0) is 6.42 Å². The van der Waals surface area contributed by atoms with E-state index in [-0.39, 0.29) is 5.82 Å². The Labute approximate surface area is 114 Å². The van der Waals surface area contributed by atoms with E-state index in [1.807, 2.05) is 17.8 Å². The quantitative estimate of drug-likeness (QED) is 0.718. The Morgan fingerprint density at radius 3 is 2.76 bits per heavy atom. The highest BCUT2D eigenvalue weighted by molar-refractivity contribution is 9.10. The number of nitrogens with zero attached hydrogens (tertiary/aromatic N) is 1. The summed E-state index contributed by atoms with van der Waals surface area (Å²) in [6.45, 7) is 2.31. The molecule has 17 heavy (non-hydrogen) atoms. The van der Waals surface area contributed by atoms with Gasteiger partial charge in [-0.1, -0.05) is 0 Å². The van der Waals surface area contributed by atoms with E-state index < -0.39 is 0 Å². The van der Waals surface area contributed by atoms with E-state index in [0.29, 0.717) is 9.22 Å². The van der Waals surface area contributed by atoms with E-state index in [4.69, 9.17) is 0 Å². The van der Waals surface area contributed by atoms with E-state index in [1.54, 1.807) is 6.07 Å². The summed E-state index contributed by atoms with van der Waals surface area (Å²) in [6.07, 6.45) is 3.52. The van der Waals surface area contributed by atoms with Crippen LogP contribution in [0.15, 0.2) is 21.5 Å². The first-order chi connectivity index (χ1) is 8.08. The fourth-order valence-corrected chi connectivity index (χ4v) is 4.62. The SMILES string of the molecule is CN1CCC2(CC1)Cc1cc(Br)c(F)cc1S2. The first-order valence-electron chi connectivity index (χ1n) is 5.93. The second-order valence-corrected chi connectivity index (χ2v) is 7.50. The van der Waals surface area contributed by atoms with Gasteiger partial charge in [0.25, 0.3) is 0 Å². The minimum atomic E-state index is -0.138. The smallest absolute Gasteiger partial charge is 0.138 e. The van der Waals surface area contributed by atoms with Crippen molar-refractivity contribution >= 4 is 27.7 Å². The zero-order valence-electron chi connectivity index (χ0n) is 9.80. The molecule has 4 heteroatoms. The Kier molecular flexibility index (Phi) is 3.00. The Morgan fingerprint density at radius 1 is 1.35 bits per heavy atom.